The van der Waals surface area contributed by atoms with Crippen LogP contribution in [0.3, 0.4) is 0 Å². The number of ether oxygens (including phenoxy) is 1. The molecule has 4 rings (SSSR count). The highest BCUT2D eigenvalue weighted by atomic mass is 16.5. The van der Waals surface area contributed by atoms with Gasteiger partial charge < -0.3 is 9.64 Å². The fourth-order valence-electron chi connectivity index (χ4n) is 4.83. The molecule has 2 fully saturated rings. The van der Waals surface area contributed by atoms with E-state index in [4.69, 9.17) is 10.00 Å². The Morgan fingerprint density at radius 2 is 1.68 bits per heavy atom. The number of aryl methyl sites for hydroxylation is 1. The van der Waals surface area contributed by atoms with Crippen molar-refractivity contribution in [3.05, 3.63) is 69.8 Å². The third kappa shape index (κ3) is 4.07. The van der Waals surface area contributed by atoms with Crippen molar-refractivity contribution in [2.45, 2.75) is 50.9 Å². The largest absolute Gasteiger partial charge is 0.465 e. The van der Waals surface area contributed by atoms with E-state index in [1.807, 2.05) is 48.2 Å². The Hall–Kier alpha value is -3.13. The molecule has 2 aromatic carbocycles. The minimum Gasteiger partial charge on any atom is -0.465 e. The van der Waals surface area contributed by atoms with Crippen LogP contribution in [0.15, 0.2) is 36.4 Å². The van der Waals surface area contributed by atoms with Gasteiger partial charge in [-0.3, -0.25) is 4.79 Å². The molecule has 0 radical (unpaired) electrons. The number of carbonyl (C=O) groups is 2. The molecule has 1 saturated carbocycles. The molecule has 2 aliphatic rings. The molecule has 0 unspecified atom stereocenters. The summed E-state index contributed by atoms with van der Waals surface area (Å²) in [7, 11) is 1.39. The molecular weight excluding hydrogens is 388 g/mol. The number of nitriles is 1. The summed E-state index contributed by atoms with van der Waals surface area (Å²) in [4.78, 5) is 28.0. The van der Waals surface area contributed by atoms with Gasteiger partial charge in [-0.2, -0.15) is 5.26 Å². The number of likely N-dealkylation sites (tertiary alicyclic amines) is 1. The number of amides is 1. The standard InChI is InChI=1S/C26H28N2O3/c1-17-6-11-22(26(30)31-2)24(21-4-3-5-21)23(17)25(29)28-14-12-20(13-15-28)19-9-7-18(16-27)8-10-19/h6-11,20-21H,3-5,12-15H2,1-2H3. The summed E-state index contributed by atoms with van der Waals surface area (Å²) in [6, 6.07) is 13.6. The zero-order chi connectivity index (χ0) is 22.0. The summed E-state index contributed by atoms with van der Waals surface area (Å²) in [5.74, 6) is 0.313. The number of rotatable bonds is 4. The molecule has 0 bridgehead atoms. The molecule has 1 aliphatic heterocycles. The second kappa shape index (κ2) is 8.93. The van der Waals surface area contributed by atoms with Crippen molar-refractivity contribution in [3.8, 4) is 6.07 Å². The lowest BCUT2D eigenvalue weighted by atomic mass is 9.75. The monoisotopic (exact) mass is 416 g/mol. The highest BCUT2D eigenvalue weighted by molar-refractivity contribution is 6.02. The molecule has 0 aromatic heterocycles. The highest BCUT2D eigenvalue weighted by Gasteiger charge is 2.33. The zero-order valence-electron chi connectivity index (χ0n) is 18.2. The molecule has 31 heavy (non-hydrogen) atoms. The molecule has 0 N–H and O–H groups in total. The quantitative estimate of drug-likeness (QED) is 0.662. The molecule has 1 amide bonds. The lowest BCUT2D eigenvalue weighted by molar-refractivity contribution is 0.0598. The maximum absolute atomic E-state index is 13.6. The Morgan fingerprint density at radius 1 is 1.00 bits per heavy atom. The first-order valence-electron chi connectivity index (χ1n) is 11.0. The first-order valence-corrected chi connectivity index (χ1v) is 11.0. The molecule has 5 heteroatoms. The topological polar surface area (TPSA) is 70.4 Å². The van der Waals surface area contributed by atoms with E-state index >= 15 is 0 Å². The number of carbonyl (C=O) groups excluding carboxylic acids is 2. The van der Waals surface area contributed by atoms with E-state index in [2.05, 4.69) is 6.07 Å². The molecule has 1 saturated heterocycles. The van der Waals surface area contributed by atoms with Crippen LogP contribution in [-0.2, 0) is 4.74 Å². The Bertz CT molecular complexity index is 1020. The van der Waals surface area contributed by atoms with Crippen LogP contribution in [0.1, 0.15) is 86.9 Å². The van der Waals surface area contributed by atoms with Crippen LogP contribution in [-0.4, -0.2) is 37.0 Å². The lowest BCUT2D eigenvalue weighted by Gasteiger charge is -2.35. The van der Waals surface area contributed by atoms with Gasteiger partial charge in [-0.05, 0) is 79.3 Å². The van der Waals surface area contributed by atoms with Crippen molar-refractivity contribution in [2.75, 3.05) is 20.2 Å². The molecule has 1 heterocycles. The van der Waals surface area contributed by atoms with Crippen molar-refractivity contribution >= 4 is 11.9 Å². The van der Waals surface area contributed by atoms with Gasteiger partial charge in [0.05, 0.1) is 24.3 Å². The number of piperidine rings is 1. The van der Waals surface area contributed by atoms with Crippen molar-refractivity contribution < 1.29 is 14.3 Å². The van der Waals surface area contributed by atoms with Crippen LogP contribution in [0.5, 0.6) is 0 Å². The summed E-state index contributed by atoms with van der Waals surface area (Å²) in [6.45, 7) is 3.34. The smallest absolute Gasteiger partial charge is 0.338 e. The van der Waals surface area contributed by atoms with E-state index in [-0.39, 0.29) is 17.8 Å². The van der Waals surface area contributed by atoms with Gasteiger partial charge >= 0.3 is 5.97 Å². The highest BCUT2D eigenvalue weighted by Crippen LogP contribution is 2.41. The summed E-state index contributed by atoms with van der Waals surface area (Å²) in [6.07, 6.45) is 4.93. The molecule has 5 nitrogen and oxygen atoms in total. The number of nitrogens with zero attached hydrogens (tertiary/aromatic N) is 2. The fraction of sp³-hybridized carbons (Fsp3) is 0.423. The van der Waals surface area contributed by atoms with Gasteiger partial charge in [0, 0.05) is 18.7 Å². The maximum atomic E-state index is 13.6. The molecule has 2 aromatic rings. The Kier molecular flexibility index (Phi) is 6.08. The van der Waals surface area contributed by atoms with Crippen LogP contribution in [0.4, 0.5) is 0 Å². The van der Waals surface area contributed by atoms with Gasteiger partial charge in [-0.15, -0.1) is 0 Å². The summed E-state index contributed by atoms with van der Waals surface area (Å²) in [5.41, 5.74) is 4.94. The third-order valence-corrected chi connectivity index (χ3v) is 6.88. The van der Waals surface area contributed by atoms with E-state index in [1.165, 1.54) is 12.7 Å². The average Bonchev–Trinajstić information content (AvgIpc) is 2.77. The number of benzene rings is 2. The van der Waals surface area contributed by atoms with Gasteiger partial charge in [0.1, 0.15) is 0 Å². The normalized spacial score (nSPS) is 17.0. The van der Waals surface area contributed by atoms with E-state index in [9.17, 15) is 9.59 Å². The van der Waals surface area contributed by atoms with Gasteiger partial charge in [0.2, 0.25) is 0 Å². The van der Waals surface area contributed by atoms with Gasteiger partial charge in [0.25, 0.3) is 5.91 Å². The summed E-state index contributed by atoms with van der Waals surface area (Å²) < 4.78 is 5.01. The van der Waals surface area contributed by atoms with Crippen LogP contribution in [0, 0.1) is 18.3 Å². The minimum absolute atomic E-state index is 0.0310. The predicted molar refractivity (Wildman–Crippen MR) is 118 cm³/mol. The van der Waals surface area contributed by atoms with Gasteiger partial charge in [-0.25, -0.2) is 4.79 Å². The predicted octanol–water partition coefficient (Wildman–Crippen LogP) is 4.94. The number of hydrogen-bond acceptors (Lipinski definition) is 4. The Balaban J connectivity index is 1.56. The van der Waals surface area contributed by atoms with E-state index in [1.54, 1.807) is 0 Å². The van der Waals surface area contributed by atoms with E-state index in [0.29, 0.717) is 35.7 Å². The van der Waals surface area contributed by atoms with Gasteiger partial charge in [-0.1, -0.05) is 24.6 Å². The van der Waals surface area contributed by atoms with Crippen molar-refractivity contribution in [2.24, 2.45) is 0 Å². The first-order chi connectivity index (χ1) is 15.0. The molecule has 160 valence electrons. The van der Waals surface area contributed by atoms with E-state index in [0.717, 1.165) is 43.2 Å². The number of esters is 1. The number of hydrogen-bond donors (Lipinski definition) is 0. The van der Waals surface area contributed by atoms with Gasteiger partial charge in [0.15, 0.2) is 0 Å². The average molecular weight is 417 g/mol. The Morgan fingerprint density at radius 3 is 2.23 bits per heavy atom. The molecule has 1 aliphatic carbocycles. The van der Waals surface area contributed by atoms with E-state index < -0.39 is 0 Å². The SMILES string of the molecule is COC(=O)c1ccc(C)c(C(=O)N2CCC(c3ccc(C#N)cc3)CC2)c1C1CCC1. The second-order valence-corrected chi connectivity index (χ2v) is 8.64. The third-order valence-electron chi connectivity index (χ3n) is 6.88. The molecule has 0 atom stereocenters. The van der Waals surface area contributed by atoms with Crippen LogP contribution < -0.4 is 0 Å². The summed E-state index contributed by atoms with van der Waals surface area (Å²) in [5, 5.41) is 9.00. The van der Waals surface area contributed by atoms with Crippen LogP contribution in [0.2, 0.25) is 0 Å². The fourth-order valence-corrected chi connectivity index (χ4v) is 4.83. The molecular formula is C26H28N2O3. The maximum Gasteiger partial charge on any atom is 0.338 e. The molecule has 0 spiro atoms. The van der Waals surface area contributed by atoms with Crippen molar-refractivity contribution in [1.82, 2.24) is 4.90 Å². The Labute approximate surface area is 183 Å². The zero-order valence-corrected chi connectivity index (χ0v) is 18.2. The first kappa shape index (κ1) is 21.1. The van der Waals surface area contributed by atoms with Crippen LogP contribution in [0.25, 0.3) is 0 Å². The van der Waals surface area contributed by atoms with Crippen molar-refractivity contribution in [3.63, 3.8) is 0 Å². The number of methoxy groups -OCH3 is 1. The minimum atomic E-state index is -0.365. The summed E-state index contributed by atoms with van der Waals surface area (Å²) >= 11 is 0. The van der Waals surface area contributed by atoms with Crippen molar-refractivity contribution in [1.29, 1.82) is 5.26 Å². The van der Waals surface area contributed by atoms with Crippen LogP contribution >= 0.6 is 0 Å². The lowest BCUT2D eigenvalue weighted by Crippen LogP contribution is -2.39. The second-order valence-electron chi connectivity index (χ2n) is 8.64.